The van der Waals surface area contributed by atoms with Crippen LogP contribution in [0.1, 0.15) is 11.1 Å². The number of furan rings is 1. The Bertz CT molecular complexity index is 918. The molecule has 0 aliphatic carbocycles. The van der Waals surface area contributed by atoms with Crippen molar-refractivity contribution in [1.82, 2.24) is 9.71 Å². The monoisotopic (exact) mass is 340 g/mol. The van der Waals surface area contributed by atoms with Crippen LogP contribution in [0.2, 0.25) is 0 Å². The number of nitrogens with one attached hydrogen (secondary N) is 1. The SMILES string of the molecule is O=S(=O)(/C=C/c1ccccc1)NCc1ccnc(-c2ccco2)c1. The van der Waals surface area contributed by atoms with Gasteiger partial charge in [0.1, 0.15) is 5.69 Å². The van der Waals surface area contributed by atoms with Crippen molar-refractivity contribution in [1.29, 1.82) is 0 Å². The molecule has 0 radical (unpaired) electrons. The highest BCUT2D eigenvalue weighted by Crippen LogP contribution is 2.18. The minimum absolute atomic E-state index is 0.178. The zero-order chi connectivity index (χ0) is 16.8. The van der Waals surface area contributed by atoms with E-state index in [1.165, 1.54) is 0 Å². The first-order valence-electron chi connectivity index (χ1n) is 7.34. The Kier molecular flexibility index (Phi) is 4.88. The summed E-state index contributed by atoms with van der Waals surface area (Å²) in [6.07, 6.45) is 4.76. The summed E-state index contributed by atoms with van der Waals surface area (Å²) in [5.74, 6) is 0.642. The predicted octanol–water partition coefficient (Wildman–Crippen LogP) is 3.43. The van der Waals surface area contributed by atoms with Crippen LogP contribution in [0.3, 0.4) is 0 Å². The molecule has 1 aromatic carbocycles. The normalized spacial score (nSPS) is 11.8. The Labute approximate surface area is 140 Å². The van der Waals surface area contributed by atoms with E-state index < -0.39 is 10.0 Å². The maximum absolute atomic E-state index is 12.1. The molecule has 0 bridgehead atoms. The quantitative estimate of drug-likeness (QED) is 0.746. The summed E-state index contributed by atoms with van der Waals surface area (Å²) in [6.45, 7) is 0.178. The molecule has 0 aliphatic rings. The van der Waals surface area contributed by atoms with E-state index in [1.807, 2.05) is 30.3 Å². The number of rotatable bonds is 6. The lowest BCUT2D eigenvalue weighted by atomic mass is 10.2. The lowest BCUT2D eigenvalue weighted by Gasteiger charge is -2.04. The van der Waals surface area contributed by atoms with Gasteiger partial charge in [0.25, 0.3) is 0 Å². The topological polar surface area (TPSA) is 72.2 Å². The average Bonchev–Trinajstić information content (AvgIpc) is 3.14. The Morgan fingerprint density at radius 1 is 1.08 bits per heavy atom. The standard InChI is InChI=1S/C18H16N2O3S/c21-24(22,12-9-15-5-2-1-3-6-15)20-14-16-8-10-19-17(13-16)18-7-4-11-23-18/h1-13,20H,14H2/b12-9+. The highest BCUT2D eigenvalue weighted by Gasteiger charge is 2.07. The largest absolute Gasteiger partial charge is 0.463 e. The first-order valence-corrected chi connectivity index (χ1v) is 8.89. The van der Waals surface area contributed by atoms with Gasteiger partial charge in [-0.25, -0.2) is 13.1 Å². The molecule has 2 heterocycles. The van der Waals surface area contributed by atoms with Crippen molar-refractivity contribution in [2.45, 2.75) is 6.54 Å². The summed E-state index contributed by atoms with van der Waals surface area (Å²) < 4.78 is 32.0. The third-order valence-electron chi connectivity index (χ3n) is 3.31. The first kappa shape index (κ1) is 16.2. The Hall–Kier alpha value is -2.70. The van der Waals surface area contributed by atoms with E-state index in [-0.39, 0.29) is 6.54 Å². The van der Waals surface area contributed by atoms with E-state index in [0.717, 1.165) is 16.5 Å². The second-order valence-electron chi connectivity index (χ2n) is 5.11. The lowest BCUT2D eigenvalue weighted by molar-refractivity contribution is 0.580. The molecular weight excluding hydrogens is 324 g/mol. The maximum Gasteiger partial charge on any atom is 0.234 e. The molecule has 0 saturated heterocycles. The van der Waals surface area contributed by atoms with Gasteiger partial charge in [0.05, 0.1) is 6.26 Å². The molecule has 122 valence electrons. The number of pyridine rings is 1. The second-order valence-corrected chi connectivity index (χ2v) is 6.76. The van der Waals surface area contributed by atoms with Crippen LogP contribution in [-0.4, -0.2) is 13.4 Å². The van der Waals surface area contributed by atoms with E-state index in [9.17, 15) is 8.42 Å². The molecule has 24 heavy (non-hydrogen) atoms. The van der Waals surface area contributed by atoms with Crippen molar-refractivity contribution >= 4 is 16.1 Å². The Morgan fingerprint density at radius 2 is 1.92 bits per heavy atom. The number of hydrogen-bond acceptors (Lipinski definition) is 4. The van der Waals surface area contributed by atoms with Gasteiger partial charge in [0.15, 0.2) is 5.76 Å². The molecule has 6 heteroatoms. The summed E-state index contributed by atoms with van der Waals surface area (Å²) >= 11 is 0. The fourth-order valence-electron chi connectivity index (χ4n) is 2.11. The molecule has 0 aliphatic heterocycles. The minimum atomic E-state index is -3.52. The number of aromatic nitrogens is 1. The van der Waals surface area contributed by atoms with Crippen molar-refractivity contribution < 1.29 is 12.8 Å². The number of sulfonamides is 1. The van der Waals surface area contributed by atoms with Gasteiger partial charge in [-0.05, 0) is 41.5 Å². The molecule has 5 nitrogen and oxygen atoms in total. The van der Waals surface area contributed by atoms with Gasteiger partial charge >= 0.3 is 0 Å². The van der Waals surface area contributed by atoms with E-state index in [1.54, 1.807) is 42.8 Å². The fourth-order valence-corrected chi connectivity index (χ4v) is 2.91. The van der Waals surface area contributed by atoms with Crippen LogP contribution < -0.4 is 4.72 Å². The van der Waals surface area contributed by atoms with Crippen LogP contribution in [0.25, 0.3) is 17.5 Å². The van der Waals surface area contributed by atoms with Crippen LogP contribution in [-0.2, 0) is 16.6 Å². The zero-order valence-electron chi connectivity index (χ0n) is 12.8. The van der Waals surface area contributed by atoms with Crippen molar-refractivity contribution in [3.8, 4) is 11.5 Å². The first-order chi connectivity index (χ1) is 11.6. The van der Waals surface area contributed by atoms with Crippen LogP contribution >= 0.6 is 0 Å². The average molecular weight is 340 g/mol. The van der Waals surface area contributed by atoms with Gasteiger partial charge in [-0.3, -0.25) is 4.98 Å². The maximum atomic E-state index is 12.1. The molecule has 3 rings (SSSR count). The van der Waals surface area contributed by atoms with Crippen molar-refractivity contribution in [3.05, 3.63) is 83.6 Å². The van der Waals surface area contributed by atoms with Gasteiger partial charge in [0, 0.05) is 18.1 Å². The van der Waals surface area contributed by atoms with E-state index in [2.05, 4.69) is 9.71 Å². The number of benzene rings is 1. The lowest BCUT2D eigenvalue weighted by Crippen LogP contribution is -2.20. The van der Waals surface area contributed by atoms with Crippen LogP contribution in [0.5, 0.6) is 0 Å². The van der Waals surface area contributed by atoms with Gasteiger partial charge in [0.2, 0.25) is 10.0 Å². The molecule has 0 unspecified atom stereocenters. The molecule has 0 atom stereocenters. The van der Waals surface area contributed by atoms with Crippen LogP contribution in [0.15, 0.2) is 76.9 Å². The molecule has 0 spiro atoms. The third-order valence-corrected chi connectivity index (χ3v) is 4.36. The van der Waals surface area contributed by atoms with Crippen LogP contribution in [0.4, 0.5) is 0 Å². The van der Waals surface area contributed by atoms with Crippen molar-refractivity contribution in [2.75, 3.05) is 0 Å². The molecule has 3 aromatic rings. The van der Waals surface area contributed by atoms with E-state index >= 15 is 0 Å². The predicted molar refractivity (Wildman–Crippen MR) is 93.2 cm³/mol. The summed E-state index contributed by atoms with van der Waals surface area (Å²) in [4.78, 5) is 4.22. The van der Waals surface area contributed by atoms with Gasteiger partial charge in [-0.1, -0.05) is 30.3 Å². The summed E-state index contributed by atoms with van der Waals surface area (Å²) in [5.41, 5.74) is 2.29. The Balaban J connectivity index is 1.67. The van der Waals surface area contributed by atoms with Crippen molar-refractivity contribution in [2.24, 2.45) is 0 Å². The second kappa shape index (κ2) is 7.25. The summed E-state index contributed by atoms with van der Waals surface area (Å²) in [7, 11) is -3.52. The smallest absolute Gasteiger partial charge is 0.234 e. The highest BCUT2D eigenvalue weighted by atomic mass is 32.2. The summed E-state index contributed by atoms with van der Waals surface area (Å²) in [6, 6.07) is 16.4. The van der Waals surface area contributed by atoms with Crippen molar-refractivity contribution in [3.63, 3.8) is 0 Å². The summed E-state index contributed by atoms with van der Waals surface area (Å²) in [5, 5.41) is 1.16. The molecule has 1 N–H and O–H groups in total. The molecule has 0 fully saturated rings. The van der Waals surface area contributed by atoms with E-state index in [4.69, 9.17) is 4.42 Å². The number of nitrogens with zero attached hydrogens (tertiary/aromatic N) is 1. The molecule has 0 amide bonds. The van der Waals surface area contributed by atoms with Gasteiger partial charge in [-0.15, -0.1) is 0 Å². The zero-order valence-corrected chi connectivity index (χ0v) is 13.6. The minimum Gasteiger partial charge on any atom is -0.463 e. The van der Waals surface area contributed by atoms with Gasteiger partial charge < -0.3 is 4.42 Å². The van der Waals surface area contributed by atoms with Crippen LogP contribution in [0, 0.1) is 0 Å². The molecule has 0 saturated carbocycles. The Morgan fingerprint density at radius 3 is 2.67 bits per heavy atom. The molecule has 2 aromatic heterocycles. The third kappa shape index (κ3) is 4.41. The fraction of sp³-hybridized carbons (Fsp3) is 0.0556. The molecular formula is C18H16N2O3S. The highest BCUT2D eigenvalue weighted by molar-refractivity contribution is 7.92. The van der Waals surface area contributed by atoms with E-state index in [0.29, 0.717) is 11.5 Å². The van der Waals surface area contributed by atoms with Gasteiger partial charge in [-0.2, -0.15) is 0 Å². The number of hydrogen-bond donors (Lipinski definition) is 1.